The van der Waals surface area contributed by atoms with Crippen molar-refractivity contribution in [3.63, 3.8) is 0 Å². The predicted molar refractivity (Wildman–Crippen MR) is 64.4 cm³/mol. The van der Waals surface area contributed by atoms with Crippen LogP contribution in [-0.2, 0) is 14.3 Å². The smallest absolute Gasteiger partial charge is 0.236 e. The Balaban J connectivity index is 2.36. The number of carbonyl (C=O) groups excluding carboxylic acids is 2. The number of nitrogens with one attached hydrogen (secondary N) is 1. The highest BCUT2D eigenvalue weighted by molar-refractivity contribution is 6.04. The second-order valence-corrected chi connectivity index (χ2v) is 4.20. The molecule has 1 unspecified atom stereocenters. The van der Waals surface area contributed by atoms with Crippen molar-refractivity contribution in [2.24, 2.45) is 5.92 Å². The van der Waals surface area contributed by atoms with Gasteiger partial charge in [-0.15, -0.1) is 0 Å². The second-order valence-electron chi connectivity index (χ2n) is 4.20. The maximum Gasteiger partial charge on any atom is 0.236 e. The van der Waals surface area contributed by atoms with Crippen molar-refractivity contribution in [2.75, 3.05) is 33.4 Å². The Bertz CT molecular complexity index is 315. The first-order chi connectivity index (χ1) is 8.07. The van der Waals surface area contributed by atoms with Gasteiger partial charge in [-0.25, -0.2) is 0 Å². The zero-order valence-electron chi connectivity index (χ0n) is 10.5. The van der Waals surface area contributed by atoms with Crippen LogP contribution in [0.1, 0.15) is 13.3 Å². The van der Waals surface area contributed by atoms with E-state index in [9.17, 15) is 9.59 Å². The first-order valence-electron chi connectivity index (χ1n) is 5.80. The largest absolute Gasteiger partial charge is 0.378 e. The second kappa shape index (κ2) is 6.51. The predicted octanol–water partition coefficient (Wildman–Crippen LogP) is 0.174. The summed E-state index contributed by atoms with van der Waals surface area (Å²) in [5.74, 6) is -0.597. The van der Waals surface area contributed by atoms with Crippen LogP contribution in [0, 0.1) is 5.92 Å². The van der Waals surface area contributed by atoms with E-state index in [-0.39, 0.29) is 24.2 Å². The van der Waals surface area contributed by atoms with E-state index < -0.39 is 0 Å². The van der Waals surface area contributed by atoms with Gasteiger partial charge in [0.15, 0.2) is 0 Å². The van der Waals surface area contributed by atoms with Gasteiger partial charge in [0.1, 0.15) is 0 Å². The number of amides is 2. The molecule has 1 aliphatic heterocycles. The van der Waals surface area contributed by atoms with Crippen molar-refractivity contribution in [1.82, 2.24) is 10.2 Å². The van der Waals surface area contributed by atoms with E-state index in [1.54, 1.807) is 6.92 Å². The number of hydrogen-bond donors (Lipinski definition) is 1. The van der Waals surface area contributed by atoms with Gasteiger partial charge in [-0.05, 0) is 14.0 Å². The summed E-state index contributed by atoms with van der Waals surface area (Å²) in [6.07, 6.45) is 0.255. The van der Waals surface area contributed by atoms with Gasteiger partial charge in [-0.1, -0.05) is 12.2 Å². The summed E-state index contributed by atoms with van der Waals surface area (Å²) in [5, 5.41) is 2.95. The Morgan fingerprint density at radius 2 is 2.24 bits per heavy atom. The third-order valence-corrected chi connectivity index (χ3v) is 2.79. The standard InChI is InChI=1S/C12H20N2O3/c1-9(2)10-8-11(15)14(12(10)16)5-7-17-6-4-13-3/h10,13H,1,4-8H2,2-3H3. The first kappa shape index (κ1) is 13.9. The topological polar surface area (TPSA) is 58.6 Å². The SMILES string of the molecule is C=C(C)C1CC(=O)N(CCOCCNC)C1=O. The van der Waals surface area contributed by atoms with E-state index >= 15 is 0 Å². The van der Waals surface area contributed by atoms with E-state index in [4.69, 9.17) is 4.74 Å². The third kappa shape index (κ3) is 3.64. The number of nitrogens with zero attached hydrogens (tertiary/aromatic N) is 1. The number of ether oxygens (including phenoxy) is 1. The minimum Gasteiger partial charge on any atom is -0.378 e. The molecular weight excluding hydrogens is 220 g/mol. The highest BCUT2D eigenvalue weighted by Crippen LogP contribution is 2.24. The van der Waals surface area contributed by atoms with E-state index in [1.165, 1.54) is 4.90 Å². The minimum absolute atomic E-state index is 0.125. The van der Waals surface area contributed by atoms with Gasteiger partial charge in [-0.3, -0.25) is 14.5 Å². The lowest BCUT2D eigenvalue weighted by Crippen LogP contribution is -2.34. The van der Waals surface area contributed by atoms with Crippen LogP contribution in [0.25, 0.3) is 0 Å². The van der Waals surface area contributed by atoms with Crippen LogP contribution in [0.2, 0.25) is 0 Å². The molecular formula is C12H20N2O3. The molecule has 0 aliphatic carbocycles. The summed E-state index contributed by atoms with van der Waals surface area (Å²) in [6, 6.07) is 0. The molecule has 1 heterocycles. The molecule has 0 aromatic heterocycles. The fourth-order valence-electron chi connectivity index (χ4n) is 1.74. The molecule has 0 radical (unpaired) electrons. The van der Waals surface area contributed by atoms with Gasteiger partial charge < -0.3 is 10.1 Å². The van der Waals surface area contributed by atoms with Crippen LogP contribution >= 0.6 is 0 Å². The highest BCUT2D eigenvalue weighted by Gasteiger charge is 2.38. The molecule has 1 aliphatic rings. The Kier molecular flexibility index (Phi) is 5.31. The van der Waals surface area contributed by atoms with Crippen LogP contribution in [0.3, 0.4) is 0 Å². The Morgan fingerprint density at radius 1 is 1.53 bits per heavy atom. The summed E-state index contributed by atoms with van der Waals surface area (Å²) in [4.78, 5) is 24.7. The maximum absolute atomic E-state index is 11.9. The van der Waals surface area contributed by atoms with Crippen molar-refractivity contribution in [3.05, 3.63) is 12.2 Å². The molecule has 1 fully saturated rings. The number of imide groups is 1. The molecule has 1 N–H and O–H groups in total. The molecule has 1 rings (SSSR count). The highest BCUT2D eigenvalue weighted by atomic mass is 16.5. The van der Waals surface area contributed by atoms with Crippen LogP contribution in [0.15, 0.2) is 12.2 Å². The fourth-order valence-corrected chi connectivity index (χ4v) is 1.74. The van der Waals surface area contributed by atoms with E-state index in [0.29, 0.717) is 19.8 Å². The van der Waals surface area contributed by atoms with Crippen LogP contribution in [-0.4, -0.2) is 50.1 Å². The Hall–Kier alpha value is -1.20. The lowest BCUT2D eigenvalue weighted by molar-refractivity contribution is -0.139. The van der Waals surface area contributed by atoms with E-state index in [0.717, 1.165) is 12.1 Å². The van der Waals surface area contributed by atoms with Crippen molar-refractivity contribution in [3.8, 4) is 0 Å². The fraction of sp³-hybridized carbons (Fsp3) is 0.667. The van der Waals surface area contributed by atoms with E-state index in [2.05, 4.69) is 11.9 Å². The molecule has 0 bridgehead atoms. The van der Waals surface area contributed by atoms with Gasteiger partial charge in [0.2, 0.25) is 11.8 Å². The van der Waals surface area contributed by atoms with Crippen LogP contribution in [0.4, 0.5) is 0 Å². The van der Waals surface area contributed by atoms with Crippen LogP contribution < -0.4 is 5.32 Å². The number of hydrogen-bond acceptors (Lipinski definition) is 4. The summed E-state index contributed by atoms with van der Waals surface area (Å²) < 4.78 is 5.30. The van der Waals surface area contributed by atoms with Gasteiger partial charge >= 0.3 is 0 Å². The molecule has 1 saturated heterocycles. The molecule has 5 nitrogen and oxygen atoms in total. The quantitative estimate of drug-likeness (QED) is 0.391. The average Bonchev–Trinajstić information content (AvgIpc) is 2.56. The number of carbonyl (C=O) groups is 2. The summed E-state index contributed by atoms with van der Waals surface area (Å²) in [7, 11) is 1.84. The lowest BCUT2D eigenvalue weighted by Gasteiger charge is -2.15. The molecule has 5 heteroatoms. The Morgan fingerprint density at radius 3 is 2.76 bits per heavy atom. The zero-order valence-corrected chi connectivity index (χ0v) is 10.5. The third-order valence-electron chi connectivity index (χ3n) is 2.79. The number of likely N-dealkylation sites (tertiary alicyclic amines) is 1. The molecule has 0 spiro atoms. The lowest BCUT2D eigenvalue weighted by atomic mass is 10.0. The van der Waals surface area contributed by atoms with E-state index in [1.807, 2.05) is 7.05 Å². The summed E-state index contributed by atoms with van der Waals surface area (Å²) in [6.45, 7) is 7.59. The molecule has 0 saturated carbocycles. The van der Waals surface area contributed by atoms with Gasteiger partial charge in [0, 0.05) is 13.0 Å². The van der Waals surface area contributed by atoms with Crippen LogP contribution in [0.5, 0.6) is 0 Å². The first-order valence-corrected chi connectivity index (χ1v) is 5.80. The summed E-state index contributed by atoms with van der Waals surface area (Å²) >= 11 is 0. The molecule has 0 aromatic carbocycles. The monoisotopic (exact) mass is 240 g/mol. The molecule has 0 aromatic rings. The minimum atomic E-state index is -0.334. The van der Waals surface area contributed by atoms with Crippen molar-refractivity contribution >= 4 is 11.8 Å². The molecule has 17 heavy (non-hydrogen) atoms. The Labute approximate surface area is 102 Å². The maximum atomic E-state index is 11.9. The normalized spacial score (nSPS) is 20.1. The molecule has 2 amide bonds. The van der Waals surface area contributed by atoms with Crippen molar-refractivity contribution < 1.29 is 14.3 Å². The van der Waals surface area contributed by atoms with Gasteiger partial charge in [0.05, 0.1) is 25.7 Å². The number of likely N-dealkylation sites (N-methyl/N-ethyl adjacent to an activating group) is 1. The van der Waals surface area contributed by atoms with Crippen molar-refractivity contribution in [1.29, 1.82) is 0 Å². The number of rotatable bonds is 7. The van der Waals surface area contributed by atoms with Crippen molar-refractivity contribution in [2.45, 2.75) is 13.3 Å². The molecule has 96 valence electrons. The summed E-state index contributed by atoms with van der Waals surface area (Å²) in [5.41, 5.74) is 0.752. The molecule has 1 atom stereocenters. The van der Waals surface area contributed by atoms with Gasteiger partial charge in [0.25, 0.3) is 0 Å². The van der Waals surface area contributed by atoms with Gasteiger partial charge in [-0.2, -0.15) is 0 Å². The zero-order chi connectivity index (χ0) is 12.8. The average molecular weight is 240 g/mol.